The van der Waals surface area contributed by atoms with Crippen LogP contribution in [0.15, 0.2) is 0 Å². The monoisotopic (exact) mass is 295 g/mol. The number of hydrogen-bond acceptors (Lipinski definition) is 7. The first-order valence-electron chi connectivity index (χ1n) is 7.51. The first-order valence-corrected chi connectivity index (χ1v) is 7.51. The van der Waals surface area contributed by atoms with Crippen LogP contribution in [0.25, 0.3) is 0 Å². The van der Waals surface area contributed by atoms with Gasteiger partial charge in [-0.25, -0.2) is 0 Å². The van der Waals surface area contributed by atoms with Gasteiger partial charge in [0, 0.05) is 26.7 Å². The van der Waals surface area contributed by atoms with Crippen molar-refractivity contribution >= 4 is 11.9 Å². The summed E-state index contributed by atoms with van der Waals surface area (Å²) in [6.07, 6.45) is 2.54. The molecule has 0 amide bonds. The van der Waals surface area contributed by atoms with Crippen molar-refractivity contribution in [2.24, 2.45) is 5.92 Å². The number of hydrogen-bond donors (Lipinski definition) is 1. The summed E-state index contributed by atoms with van der Waals surface area (Å²) in [7, 11) is 3.50. The normalized spacial score (nSPS) is 15.6. The highest BCUT2D eigenvalue weighted by Crippen LogP contribution is 2.36. The van der Waals surface area contributed by atoms with Crippen LogP contribution in [0.4, 0.5) is 11.9 Å². The molecular formula is C14H25N5O2. The average molecular weight is 295 g/mol. The molecule has 1 aliphatic rings. The first-order chi connectivity index (χ1) is 10.2. The van der Waals surface area contributed by atoms with Gasteiger partial charge < -0.3 is 19.7 Å². The molecule has 118 valence electrons. The van der Waals surface area contributed by atoms with Crippen molar-refractivity contribution < 1.29 is 9.47 Å². The van der Waals surface area contributed by atoms with Gasteiger partial charge in [-0.05, 0) is 32.6 Å². The Hall–Kier alpha value is -1.63. The molecule has 1 saturated carbocycles. The van der Waals surface area contributed by atoms with E-state index in [-0.39, 0.29) is 0 Å². The summed E-state index contributed by atoms with van der Waals surface area (Å²) < 4.78 is 10.7. The first kappa shape index (κ1) is 15.8. The second-order valence-electron chi connectivity index (χ2n) is 5.19. The smallest absolute Gasteiger partial charge is 0.323 e. The molecule has 1 aliphatic carbocycles. The molecule has 7 nitrogen and oxygen atoms in total. The van der Waals surface area contributed by atoms with Crippen molar-refractivity contribution in [1.29, 1.82) is 0 Å². The summed E-state index contributed by atoms with van der Waals surface area (Å²) >= 11 is 0. The van der Waals surface area contributed by atoms with Crippen molar-refractivity contribution in [2.45, 2.75) is 32.7 Å². The van der Waals surface area contributed by atoms with Crippen LogP contribution >= 0.6 is 0 Å². The van der Waals surface area contributed by atoms with E-state index < -0.39 is 0 Å². The third kappa shape index (κ3) is 4.17. The Morgan fingerprint density at radius 1 is 1.33 bits per heavy atom. The van der Waals surface area contributed by atoms with Crippen molar-refractivity contribution in [1.82, 2.24) is 15.0 Å². The second kappa shape index (κ2) is 7.40. The van der Waals surface area contributed by atoms with E-state index in [1.54, 1.807) is 14.2 Å². The third-order valence-electron chi connectivity index (χ3n) is 3.69. The fourth-order valence-corrected chi connectivity index (χ4v) is 2.29. The van der Waals surface area contributed by atoms with Crippen molar-refractivity contribution in [2.75, 3.05) is 44.1 Å². The minimum absolute atomic E-state index is 0.359. The summed E-state index contributed by atoms with van der Waals surface area (Å²) in [6, 6.07) is 0.749. The largest absolute Gasteiger partial charge is 0.464 e. The molecule has 0 radical (unpaired) electrons. The molecule has 21 heavy (non-hydrogen) atoms. The lowest BCUT2D eigenvalue weighted by Gasteiger charge is -2.29. The van der Waals surface area contributed by atoms with Crippen molar-refractivity contribution in [3.63, 3.8) is 0 Å². The van der Waals surface area contributed by atoms with E-state index in [9.17, 15) is 0 Å². The van der Waals surface area contributed by atoms with Crippen LogP contribution in [-0.2, 0) is 4.74 Å². The number of ether oxygens (including phenoxy) is 2. The molecule has 1 N–H and O–H groups in total. The Bertz CT molecular complexity index is 453. The summed E-state index contributed by atoms with van der Waals surface area (Å²) in [5.41, 5.74) is 0. The predicted molar refractivity (Wildman–Crippen MR) is 82.0 cm³/mol. The Kier molecular flexibility index (Phi) is 5.55. The molecule has 1 heterocycles. The molecule has 1 unspecified atom stereocenters. The molecule has 0 saturated heterocycles. The van der Waals surface area contributed by atoms with Gasteiger partial charge in [-0.1, -0.05) is 0 Å². The quantitative estimate of drug-likeness (QED) is 0.741. The lowest BCUT2D eigenvalue weighted by molar-refractivity contribution is 0.202. The van der Waals surface area contributed by atoms with E-state index in [1.165, 1.54) is 12.8 Å². The van der Waals surface area contributed by atoms with E-state index in [0.717, 1.165) is 6.54 Å². The highest BCUT2D eigenvalue weighted by Gasteiger charge is 2.33. The maximum Gasteiger partial charge on any atom is 0.323 e. The molecule has 0 spiro atoms. The SMILES string of the molecule is CCOc1nc(NC)nc(N(CCOC)C(C)C2CC2)n1. The van der Waals surface area contributed by atoms with Gasteiger partial charge in [0.05, 0.1) is 13.2 Å². The maximum absolute atomic E-state index is 5.44. The number of anilines is 2. The van der Waals surface area contributed by atoms with Crippen LogP contribution in [-0.4, -0.2) is 54.9 Å². The second-order valence-corrected chi connectivity index (χ2v) is 5.19. The lowest BCUT2D eigenvalue weighted by Crippen LogP contribution is -2.38. The van der Waals surface area contributed by atoms with Gasteiger partial charge in [0.2, 0.25) is 11.9 Å². The fourth-order valence-electron chi connectivity index (χ4n) is 2.29. The molecule has 1 fully saturated rings. The van der Waals surface area contributed by atoms with Crippen LogP contribution in [0.2, 0.25) is 0 Å². The van der Waals surface area contributed by atoms with E-state index in [4.69, 9.17) is 9.47 Å². The van der Waals surface area contributed by atoms with Gasteiger partial charge in [-0.3, -0.25) is 0 Å². The number of aromatic nitrogens is 3. The maximum atomic E-state index is 5.44. The van der Waals surface area contributed by atoms with Gasteiger partial charge in [-0.15, -0.1) is 0 Å². The van der Waals surface area contributed by atoms with Gasteiger partial charge in [-0.2, -0.15) is 15.0 Å². The molecule has 1 aromatic rings. The molecule has 0 bridgehead atoms. The highest BCUT2D eigenvalue weighted by atomic mass is 16.5. The van der Waals surface area contributed by atoms with Crippen LogP contribution in [0.3, 0.4) is 0 Å². The highest BCUT2D eigenvalue weighted by molar-refractivity contribution is 5.39. The van der Waals surface area contributed by atoms with Crippen molar-refractivity contribution in [3.8, 4) is 6.01 Å². The minimum Gasteiger partial charge on any atom is -0.464 e. The van der Waals surface area contributed by atoms with E-state index >= 15 is 0 Å². The molecule has 1 atom stereocenters. The fraction of sp³-hybridized carbons (Fsp3) is 0.786. The third-order valence-corrected chi connectivity index (χ3v) is 3.69. The summed E-state index contributed by atoms with van der Waals surface area (Å²) in [6.45, 7) is 6.06. The molecular weight excluding hydrogens is 270 g/mol. The topological polar surface area (TPSA) is 72.4 Å². The van der Waals surface area contributed by atoms with Crippen LogP contribution in [0.5, 0.6) is 6.01 Å². The number of nitrogens with one attached hydrogen (secondary N) is 1. The van der Waals surface area contributed by atoms with E-state index in [1.807, 2.05) is 6.92 Å². The van der Waals surface area contributed by atoms with Gasteiger partial charge in [0.1, 0.15) is 0 Å². The van der Waals surface area contributed by atoms with Crippen LogP contribution in [0.1, 0.15) is 26.7 Å². The van der Waals surface area contributed by atoms with Gasteiger partial charge in [0.15, 0.2) is 0 Å². The van der Waals surface area contributed by atoms with Gasteiger partial charge >= 0.3 is 6.01 Å². The Morgan fingerprint density at radius 2 is 2.10 bits per heavy atom. The summed E-state index contributed by atoms with van der Waals surface area (Å²) in [5.74, 6) is 1.88. The Morgan fingerprint density at radius 3 is 2.67 bits per heavy atom. The molecule has 2 rings (SSSR count). The molecule has 0 aromatic carbocycles. The summed E-state index contributed by atoms with van der Waals surface area (Å²) in [4.78, 5) is 15.3. The standard InChI is InChI=1S/C14H25N5O2/c1-5-21-14-17-12(15-3)16-13(18-14)19(8-9-20-4)10(2)11-6-7-11/h10-11H,5-9H2,1-4H3,(H,15,16,17,18). The molecule has 0 aliphatic heterocycles. The lowest BCUT2D eigenvalue weighted by atomic mass is 10.2. The van der Waals surface area contributed by atoms with E-state index in [0.29, 0.717) is 43.1 Å². The zero-order valence-electron chi connectivity index (χ0n) is 13.3. The zero-order chi connectivity index (χ0) is 15.2. The van der Waals surface area contributed by atoms with Crippen molar-refractivity contribution in [3.05, 3.63) is 0 Å². The number of rotatable bonds is 9. The molecule has 1 aromatic heterocycles. The minimum atomic E-state index is 0.359. The van der Waals surface area contributed by atoms with Crippen LogP contribution < -0.4 is 15.0 Å². The number of methoxy groups -OCH3 is 1. The number of nitrogens with zero attached hydrogens (tertiary/aromatic N) is 4. The van der Waals surface area contributed by atoms with Crippen LogP contribution in [0, 0.1) is 5.92 Å². The van der Waals surface area contributed by atoms with E-state index in [2.05, 4.69) is 32.1 Å². The molecule has 7 heteroatoms. The zero-order valence-corrected chi connectivity index (χ0v) is 13.3. The Labute approximate surface area is 126 Å². The summed E-state index contributed by atoms with van der Waals surface area (Å²) in [5, 5.41) is 2.96. The van der Waals surface area contributed by atoms with Gasteiger partial charge in [0.25, 0.3) is 0 Å². The predicted octanol–water partition coefficient (Wildman–Crippen LogP) is 1.56. The Balaban J connectivity index is 2.25. The average Bonchev–Trinajstić information content (AvgIpc) is 3.32.